The second-order valence-corrected chi connectivity index (χ2v) is 5.09. The minimum atomic E-state index is -0.699. The van der Waals surface area contributed by atoms with Crippen molar-refractivity contribution < 1.29 is 9.90 Å². The van der Waals surface area contributed by atoms with Crippen LogP contribution < -0.4 is 3.53 Å². The van der Waals surface area contributed by atoms with Crippen LogP contribution in [0.5, 0.6) is 0 Å². The summed E-state index contributed by atoms with van der Waals surface area (Å²) >= 11 is -0.171. The van der Waals surface area contributed by atoms with Gasteiger partial charge >= 0.3 is 5.97 Å². The molecule has 0 aliphatic carbocycles. The van der Waals surface area contributed by atoms with Crippen molar-refractivity contribution in [1.29, 1.82) is 0 Å². The SMILES string of the molecule is C=INC[C@H](CC(=O)O)CC(C)C. The molecule has 78 valence electrons. The molecule has 0 spiro atoms. The van der Waals surface area contributed by atoms with E-state index >= 15 is 0 Å². The Balaban J connectivity index is 3.86. The van der Waals surface area contributed by atoms with E-state index in [0.717, 1.165) is 13.0 Å². The minimum absolute atomic E-state index is 0.171. The van der Waals surface area contributed by atoms with Crippen LogP contribution in [0.15, 0.2) is 0 Å². The Morgan fingerprint density at radius 1 is 1.62 bits per heavy atom. The number of carboxylic acids is 1. The molecular weight excluding hydrogens is 281 g/mol. The number of aliphatic carboxylic acids is 1. The van der Waals surface area contributed by atoms with Crippen LogP contribution in [-0.2, 0) is 4.79 Å². The van der Waals surface area contributed by atoms with Crippen molar-refractivity contribution in [2.75, 3.05) is 6.54 Å². The van der Waals surface area contributed by atoms with Crippen LogP contribution in [0.2, 0.25) is 0 Å². The average Bonchev–Trinajstić information content (AvgIpc) is 1.98. The van der Waals surface area contributed by atoms with Crippen molar-refractivity contribution in [3.8, 4) is 0 Å². The molecule has 0 unspecified atom stereocenters. The van der Waals surface area contributed by atoms with Crippen molar-refractivity contribution in [3.63, 3.8) is 0 Å². The molecule has 1 atom stereocenters. The summed E-state index contributed by atoms with van der Waals surface area (Å²) < 4.78 is 6.96. The fraction of sp³-hybridized carbons (Fsp3) is 0.778. The smallest absolute Gasteiger partial charge is 0.303 e. The molecule has 0 saturated carbocycles. The molecule has 0 bridgehead atoms. The van der Waals surface area contributed by atoms with Crippen molar-refractivity contribution in [3.05, 3.63) is 0 Å². The van der Waals surface area contributed by atoms with Crippen LogP contribution in [-0.4, -0.2) is 22.1 Å². The number of carbonyl (C=O) groups is 1. The van der Waals surface area contributed by atoms with E-state index in [1.54, 1.807) is 0 Å². The zero-order valence-electron chi connectivity index (χ0n) is 8.22. The quantitative estimate of drug-likeness (QED) is 0.558. The molecule has 4 heteroatoms. The lowest BCUT2D eigenvalue weighted by atomic mass is 9.94. The van der Waals surface area contributed by atoms with Gasteiger partial charge in [0.2, 0.25) is 0 Å². The highest BCUT2D eigenvalue weighted by atomic mass is 127. The van der Waals surface area contributed by atoms with E-state index < -0.39 is 5.97 Å². The molecule has 0 fully saturated rings. The maximum Gasteiger partial charge on any atom is 0.303 e. The Morgan fingerprint density at radius 2 is 2.23 bits per heavy atom. The average molecular weight is 299 g/mol. The van der Waals surface area contributed by atoms with Crippen LogP contribution in [0.3, 0.4) is 0 Å². The molecule has 0 heterocycles. The summed E-state index contributed by atoms with van der Waals surface area (Å²) in [5.74, 6) is 0.128. The lowest BCUT2D eigenvalue weighted by Crippen LogP contribution is -2.20. The predicted molar refractivity (Wildman–Crippen MR) is 64.3 cm³/mol. The van der Waals surface area contributed by atoms with Gasteiger partial charge in [-0.15, -0.1) is 0 Å². The molecule has 0 rings (SSSR count). The van der Waals surface area contributed by atoms with E-state index in [1.807, 2.05) is 0 Å². The maximum atomic E-state index is 10.5. The van der Waals surface area contributed by atoms with Gasteiger partial charge in [0.1, 0.15) is 0 Å². The highest BCUT2D eigenvalue weighted by Gasteiger charge is 2.13. The summed E-state index contributed by atoms with van der Waals surface area (Å²) in [6, 6.07) is 0. The fourth-order valence-corrected chi connectivity index (χ4v) is 2.25. The van der Waals surface area contributed by atoms with Crippen LogP contribution in [0.4, 0.5) is 0 Å². The lowest BCUT2D eigenvalue weighted by Gasteiger charge is -2.15. The highest BCUT2D eigenvalue weighted by molar-refractivity contribution is 14.2. The predicted octanol–water partition coefficient (Wildman–Crippen LogP) is 2.03. The number of carboxylic acid groups (broad SMARTS) is 1. The molecular formula is C9H18INO2. The first-order chi connectivity index (χ1) is 6.06. The van der Waals surface area contributed by atoms with Gasteiger partial charge < -0.3 is 5.11 Å². The molecule has 0 aromatic heterocycles. The third kappa shape index (κ3) is 8.36. The first kappa shape index (κ1) is 13.0. The summed E-state index contributed by atoms with van der Waals surface area (Å²) in [6.45, 7) is 5.05. The van der Waals surface area contributed by atoms with Gasteiger partial charge in [0.25, 0.3) is 0 Å². The Bertz CT molecular complexity index is 171. The summed E-state index contributed by atoms with van der Waals surface area (Å²) in [6.07, 6.45) is 1.25. The Hall–Kier alpha value is 0.0300. The van der Waals surface area contributed by atoms with Gasteiger partial charge in [0.05, 0.1) is 0 Å². The van der Waals surface area contributed by atoms with E-state index in [0.29, 0.717) is 5.92 Å². The first-order valence-electron chi connectivity index (χ1n) is 4.38. The van der Waals surface area contributed by atoms with Crippen molar-refractivity contribution in [1.82, 2.24) is 3.53 Å². The largest absolute Gasteiger partial charge is 0.481 e. The van der Waals surface area contributed by atoms with Crippen LogP contribution >= 0.6 is 21.0 Å². The van der Waals surface area contributed by atoms with Crippen LogP contribution in [0.1, 0.15) is 26.7 Å². The summed E-state index contributed by atoms with van der Waals surface area (Å²) in [7, 11) is 0. The molecule has 0 aliphatic heterocycles. The van der Waals surface area contributed by atoms with Gasteiger partial charge in [-0.25, -0.2) is 0 Å². The summed E-state index contributed by atoms with van der Waals surface area (Å²) in [5, 5.41) is 8.66. The zero-order valence-corrected chi connectivity index (χ0v) is 10.4. The van der Waals surface area contributed by atoms with E-state index in [4.69, 9.17) is 5.11 Å². The first-order valence-corrected chi connectivity index (χ1v) is 6.98. The fourth-order valence-electron chi connectivity index (χ4n) is 1.32. The number of halogens is 1. The molecule has 0 amide bonds. The molecule has 0 radical (unpaired) electrons. The lowest BCUT2D eigenvalue weighted by molar-refractivity contribution is -0.138. The standard InChI is InChI=1S/C9H18INO2/c1-7(2)4-8(5-9(12)13)6-11-10-3/h7-8,11H,3-6H2,1-2H3,(H,12,13)/t8-/m0/s1. The number of rotatable bonds is 7. The molecule has 0 aromatic rings. The van der Waals surface area contributed by atoms with E-state index in [9.17, 15) is 4.79 Å². The number of nitrogens with one attached hydrogen (secondary N) is 1. The van der Waals surface area contributed by atoms with Gasteiger partial charge in [-0.05, 0) is 39.3 Å². The highest BCUT2D eigenvalue weighted by Crippen LogP contribution is 2.15. The van der Waals surface area contributed by atoms with Gasteiger partial charge in [0, 0.05) is 13.0 Å². The van der Waals surface area contributed by atoms with E-state index in [1.165, 1.54) is 0 Å². The second-order valence-electron chi connectivity index (χ2n) is 3.56. The molecule has 3 nitrogen and oxygen atoms in total. The molecule has 0 aromatic carbocycles. The van der Waals surface area contributed by atoms with Crippen molar-refractivity contribution >= 4 is 31.5 Å². The van der Waals surface area contributed by atoms with E-state index in [2.05, 4.69) is 21.9 Å². The van der Waals surface area contributed by atoms with Gasteiger partial charge in [0.15, 0.2) is 0 Å². The topological polar surface area (TPSA) is 49.3 Å². The summed E-state index contributed by atoms with van der Waals surface area (Å²) in [5.41, 5.74) is 0. The van der Waals surface area contributed by atoms with Crippen LogP contribution in [0.25, 0.3) is 0 Å². The van der Waals surface area contributed by atoms with Gasteiger partial charge in [-0.1, -0.05) is 18.4 Å². The maximum absolute atomic E-state index is 10.5. The normalized spacial score (nSPS) is 13.2. The summed E-state index contributed by atoms with van der Waals surface area (Å²) in [4.78, 5) is 10.5. The minimum Gasteiger partial charge on any atom is -0.481 e. The molecule has 0 saturated heterocycles. The Labute approximate surface area is 90.0 Å². The van der Waals surface area contributed by atoms with Gasteiger partial charge in [-0.3, -0.25) is 8.32 Å². The Kier molecular flexibility index (Phi) is 7.45. The monoisotopic (exact) mass is 299 g/mol. The molecule has 0 aliphatic rings. The zero-order chi connectivity index (χ0) is 10.3. The third-order valence-corrected chi connectivity index (χ3v) is 2.71. The number of hydrogen-bond donors (Lipinski definition) is 2. The second kappa shape index (κ2) is 7.44. The Morgan fingerprint density at radius 3 is 2.62 bits per heavy atom. The van der Waals surface area contributed by atoms with Crippen molar-refractivity contribution in [2.45, 2.75) is 26.7 Å². The molecule has 13 heavy (non-hydrogen) atoms. The third-order valence-electron chi connectivity index (χ3n) is 1.73. The van der Waals surface area contributed by atoms with Crippen molar-refractivity contribution in [2.24, 2.45) is 11.8 Å². The van der Waals surface area contributed by atoms with Gasteiger partial charge in [-0.2, -0.15) is 0 Å². The number of hydrogen-bond acceptors (Lipinski definition) is 2. The van der Waals surface area contributed by atoms with Crippen LogP contribution in [0, 0.1) is 11.8 Å². The van der Waals surface area contributed by atoms with E-state index in [-0.39, 0.29) is 33.3 Å². The molecule has 2 N–H and O–H groups in total.